The average Bonchev–Trinajstić information content (AvgIpc) is 2.52. The first-order valence-corrected chi connectivity index (χ1v) is 7.02. The van der Waals surface area contributed by atoms with Crippen molar-refractivity contribution in [2.45, 2.75) is 32.2 Å². The van der Waals surface area contributed by atoms with Gasteiger partial charge in [0.25, 0.3) is 0 Å². The minimum atomic E-state index is -0.0270. The number of aryl methyl sites for hydroxylation is 1. The van der Waals surface area contributed by atoms with Crippen molar-refractivity contribution in [1.82, 2.24) is 9.97 Å². The van der Waals surface area contributed by atoms with Crippen molar-refractivity contribution >= 4 is 0 Å². The first-order chi connectivity index (χ1) is 9.79. The van der Waals surface area contributed by atoms with Crippen molar-refractivity contribution in [3.05, 3.63) is 54.1 Å². The Morgan fingerprint density at radius 1 is 1.20 bits per heavy atom. The molecule has 2 N–H and O–H groups in total. The van der Waals surface area contributed by atoms with E-state index in [4.69, 9.17) is 10.5 Å². The van der Waals surface area contributed by atoms with Crippen LogP contribution in [0.5, 0.6) is 5.75 Å². The molecule has 2 rings (SSSR count). The summed E-state index contributed by atoms with van der Waals surface area (Å²) in [4.78, 5) is 8.21. The van der Waals surface area contributed by atoms with E-state index in [1.54, 1.807) is 6.20 Å². The normalized spacial score (nSPS) is 12.1. The first kappa shape index (κ1) is 14.5. The molecule has 0 amide bonds. The molecule has 0 saturated heterocycles. The molecule has 2 heterocycles. The number of rotatable bonds is 7. The van der Waals surface area contributed by atoms with Gasteiger partial charge in [0.1, 0.15) is 5.75 Å². The van der Waals surface area contributed by atoms with Crippen molar-refractivity contribution in [3.63, 3.8) is 0 Å². The number of pyridine rings is 2. The number of aromatic nitrogens is 2. The Labute approximate surface area is 120 Å². The molecule has 2 aromatic rings. The van der Waals surface area contributed by atoms with Crippen LogP contribution in [0.3, 0.4) is 0 Å². The van der Waals surface area contributed by atoms with Gasteiger partial charge in [0.15, 0.2) is 0 Å². The summed E-state index contributed by atoms with van der Waals surface area (Å²) in [5, 5.41) is 0. The highest BCUT2D eigenvalue weighted by molar-refractivity contribution is 5.26. The SMILES string of the molecule is CCCOc1cncc(C(N)CCc2ccncc2)c1. The van der Waals surface area contributed by atoms with Crippen molar-refractivity contribution in [2.75, 3.05) is 6.61 Å². The van der Waals surface area contributed by atoms with Gasteiger partial charge in [0.2, 0.25) is 0 Å². The lowest BCUT2D eigenvalue weighted by atomic mass is 10.0. The van der Waals surface area contributed by atoms with Crippen LogP contribution in [0.4, 0.5) is 0 Å². The topological polar surface area (TPSA) is 61.0 Å². The van der Waals surface area contributed by atoms with Gasteiger partial charge in [0.05, 0.1) is 12.8 Å². The summed E-state index contributed by atoms with van der Waals surface area (Å²) in [6.45, 7) is 2.79. The average molecular weight is 271 g/mol. The van der Waals surface area contributed by atoms with Gasteiger partial charge in [-0.05, 0) is 48.6 Å². The number of hydrogen-bond donors (Lipinski definition) is 1. The Hall–Kier alpha value is -1.94. The lowest BCUT2D eigenvalue weighted by molar-refractivity contribution is 0.315. The predicted molar refractivity (Wildman–Crippen MR) is 79.5 cm³/mol. The van der Waals surface area contributed by atoms with Crippen LogP contribution in [-0.4, -0.2) is 16.6 Å². The van der Waals surface area contributed by atoms with Gasteiger partial charge in [-0.2, -0.15) is 0 Å². The third-order valence-corrected chi connectivity index (χ3v) is 3.13. The summed E-state index contributed by atoms with van der Waals surface area (Å²) >= 11 is 0. The van der Waals surface area contributed by atoms with E-state index >= 15 is 0 Å². The number of nitrogens with two attached hydrogens (primary N) is 1. The minimum absolute atomic E-state index is 0.0270. The molecule has 0 aliphatic rings. The largest absolute Gasteiger partial charge is 0.492 e. The second kappa shape index (κ2) is 7.60. The van der Waals surface area contributed by atoms with Gasteiger partial charge in [-0.15, -0.1) is 0 Å². The smallest absolute Gasteiger partial charge is 0.137 e. The Morgan fingerprint density at radius 3 is 2.75 bits per heavy atom. The molecule has 20 heavy (non-hydrogen) atoms. The Morgan fingerprint density at radius 2 is 2.00 bits per heavy atom. The van der Waals surface area contributed by atoms with E-state index in [0.29, 0.717) is 6.61 Å². The maximum Gasteiger partial charge on any atom is 0.137 e. The molecule has 4 heteroatoms. The fraction of sp³-hybridized carbons (Fsp3) is 0.375. The van der Waals surface area contributed by atoms with Gasteiger partial charge in [0, 0.05) is 24.6 Å². The van der Waals surface area contributed by atoms with Gasteiger partial charge in [-0.25, -0.2) is 0 Å². The second-order valence-corrected chi connectivity index (χ2v) is 4.80. The number of hydrogen-bond acceptors (Lipinski definition) is 4. The molecular weight excluding hydrogens is 250 g/mol. The van der Waals surface area contributed by atoms with Crippen LogP contribution >= 0.6 is 0 Å². The van der Waals surface area contributed by atoms with Gasteiger partial charge in [-0.3, -0.25) is 9.97 Å². The van der Waals surface area contributed by atoms with E-state index in [0.717, 1.165) is 30.6 Å². The molecule has 1 atom stereocenters. The summed E-state index contributed by atoms with van der Waals surface area (Å²) in [5.74, 6) is 0.795. The van der Waals surface area contributed by atoms with E-state index in [9.17, 15) is 0 Å². The standard InChI is InChI=1S/C16H21N3O/c1-2-9-20-15-10-14(11-19-12-15)16(17)4-3-13-5-7-18-8-6-13/h5-8,10-12,16H,2-4,9,17H2,1H3. The Bertz CT molecular complexity index is 516. The van der Waals surface area contributed by atoms with Crippen LogP contribution in [0.15, 0.2) is 43.0 Å². The lowest BCUT2D eigenvalue weighted by Gasteiger charge is -2.13. The molecule has 0 saturated carbocycles. The second-order valence-electron chi connectivity index (χ2n) is 4.80. The Balaban J connectivity index is 1.93. The summed E-state index contributed by atoms with van der Waals surface area (Å²) in [5.41, 5.74) is 8.50. The number of nitrogens with zero attached hydrogens (tertiary/aromatic N) is 2. The molecule has 0 aliphatic heterocycles. The molecule has 0 aliphatic carbocycles. The zero-order valence-electron chi connectivity index (χ0n) is 11.8. The molecule has 0 radical (unpaired) electrons. The quantitative estimate of drug-likeness (QED) is 0.841. The van der Waals surface area contributed by atoms with Gasteiger partial charge >= 0.3 is 0 Å². The van der Waals surface area contributed by atoms with Crippen molar-refractivity contribution < 1.29 is 4.74 Å². The fourth-order valence-corrected chi connectivity index (χ4v) is 1.98. The minimum Gasteiger partial charge on any atom is -0.492 e. The summed E-state index contributed by atoms with van der Waals surface area (Å²) in [6.07, 6.45) is 9.96. The monoisotopic (exact) mass is 271 g/mol. The van der Waals surface area contributed by atoms with Crippen molar-refractivity contribution in [2.24, 2.45) is 5.73 Å². The van der Waals surface area contributed by atoms with E-state index in [1.807, 2.05) is 36.8 Å². The van der Waals surface area contributed by atoms with Crippen LogP contribution in [0.25, 0.3) is 0 Å². The van der Waals surface area contributed by atoms with E-state index in [2.05, 4.69) is 16.9 Å². The summed E-state index contributed by atoms with van der Waals surface area (Å²) < 4.78 is 5.58. The Kier molecular flexibility index (Phi) is 5.50. The van der Waals surface area contributed by atoms with E-state index in [1.165, 1.54) is 5.56 Å². The van der Waals surface area contributed by atoms with Gasteiger partial charge < -0.3 is 10.5 Å². The molecule has 4 nitrogen and oxygen atoms in total. The number of ether oxygens (including phenoxy) is 1. The third kappa shape index (κ3) is 4.31. The molecule has 0 fully saturated rings. The third-order valence-electron chi connectivity index (χ3n) is 3.13. The van der Waals surface area contributed by atoms with E-state index < -0.39 is 0 Å². The maximum absolute atomic E-state index is 6.23. The molecule has 0 bridgehead atoms. The molecule has 106 valence electrons. The molecule has 0 spiro atoms. The van der Waals surface area contributed by atoms with E-state index in [-0.39, 0.29) is 6.04 Å². The van der Waals surface area contributed by atoms with Gasteiger partial charge in [-0.1, -0.05) is 6.92 Å². The molecule has 2 aromatic heterocycles. The first-order valence-electron chi connectivity index (χ1n) is 7.02. The van der Waals surface area contributed by atoms with Crippen molar-refractivity contribution in [3.8, 4) is 5.75 Å². The van der Waals surface area contributed by atoms with Crippen LogP contribution in [-0.2, 0) is 6.42 Å². The van der Waals surface area contributed by atoms with Crippen molar-refractivity contribution in [1.29, 1.82) is 0 Å². The highest BCUT2D eigenvalue weighted by Gasteiger charge is 2.08. The summed E-state index contributed by atoms with van der Waals surface area (Å²) in [6, 6.07) is 6.00. The summed E-state index contributed by atoms with van der Waals surface area (Å²) in [7, 11) is 0. The zero-order chi connectivity index (χ0) is 14.2. The molecule has 1 unspecified atom stereocenters. The molecule has 0 aromatic carbocycles. The fourth-order valence-electron chi connectivity index (χ4n) is 1.98. The zero-order valence-corrected chi connectivity index (χ0v) is 11.8. The maximum atomic E-state index is 6.23. The predicted octanol–water partition coefficient (Wildman–Crippen LogP) is 2.90. The van der Waals surface area contributed by atoms with Crippen LogP contribution in [0, 0.1) is 0 Å². The van der Waals surface area contributed by atoms with Crippen LogP contribution in [0.1, 0.15) is 36.9 Å². The highest BCUT2D eigenvalue weighted by atomic mass is 16.5. The van der Waals surface area contributed by atoms with Crippen LogP contribution in [0.2, 0.25) is 0 Å². The lowest BCUT2D eigenvalue weighted by Crippen LogP contribution is -2.12. The molecular formula is C16H21N3O. The highest BCUT2D eigenvalue weighted by Crippen LogP contribution is 2.20. The van der Waals surface area contributed by atoms with Crippen LogP contribution < -0.4 is 10.5 Å².